The van der Waals surface area contributed by atoms with E-state index in [0.717, 1.165) is 48.4 Å². The van der Waals surface area contributed by atoms with Crippen molar-refractivity contribution in [2.45, 2.75) is 121 Å². The van der Waals surface area contributed by atoms with Gasteiger partial charge in [-0.2, -0.15) is 0 Å². The maximum atomic E-state index is 16.6. The molecule has 0 N–H and O–H groups in total. The molecule has 0 aliphatic heterocycles. The Morgan fingerprint density at radius 3 is 1.11 bits per heavy atom. The van der Waals surface area contributed by atoms with Crippen molar-refractivity contribution in [2.75, 3.05) is 0 Å². The quantitative estimate of drug-likeness (QED) is 0.0675. The second kappa shape index (κ2) is 14.0. The molecule has 0 bridgehead atoms. The van der Waals surface area contributed by atoms with Crippen molar-refractivity contribution in [3.05, 3.63) is 52.6 Å². The molecule has 0 heterocycles. The van der Waals surface area contributed by atoms with E-state index in [1.165, 1.54) is 0 Å². The van der Waals surface area contributed by atoms with Crippen LogP contribution in [0.3, 0.4) is 0 Å². The van der Waals surface area contributed by atoms with Crippen molar-refractivity contribution in [3.8, 4) is 5.75 Å². The lowest BCUT2D eigenvalue weighted by Crippen LogP contribution is -2.49. The van der Waals surface area contributed by atoms with Crippen LogP contribution in [0.25, 0.3) is 32.3 Å². The summed E-state index contributed by atoms with van der Waals surface area (Å²) < 4.78 is 132. The summed E-state index contributed by atoms with van der Waals surface area (Å²) in [6, 6.07) is 9.05. The van der Waals surface area contributed by atoms with Crippen molar-refractivity contribution in [3.63, 3.8) is 0 Å². The van der Waals surface area contributed by atoms with Gasteiger partial charge in [0, 0.05) is 16.8 Å². The van der Waals surface area contributed by atoms with Crippen LogP contribution >= 0.6 is 0 Å². The zero-order valence-electron chi connectivity index (χ0n) is 28.7. The van der Waals surface area contributed by atoms with Gasteiger partial charge in [-0.1, -0.05) is 104 Å². The molecule has 0 saturated heterocycles. The number of hydrogen-bond acceptors (Lipinski definition) is 1. The summed E-state index contributed by atoms with van der Waals surface area (Å²) in [6.07, 6.45) is 0. The molecule has 1 nitrogen and oxygen atoms in total. The highest BCUT2D eigenvalue weighted by Crippen LogP contribution is 2.49. The Morgan fingerprint density at radius 2 is 0.787 bits per heavy atom. The Kier molecular flexibility index (Phi) is 11.2. The maximum absolute atomic E-state index is 16.6. The monoisotopic (exact) mass is 718 g/mol. The van der Waals surface area contributed by atoms with Gasteiger partial charge in [-0.3, -0.25) is 0 Å². The van der Waals surface area contributed by atoms with E-state index in [-0.39, 0.29) is 11.6 Å². The second-order valence-electron chi connectivity index (χ2n) is 13.7. The van der Waals surface area contributed by atoms with Gasteiger partial charge in [-0.25, -0.2) is 35.1 Å². The molecule has 0 aliphatic rings. The third kappa shape index (κ3) is 6.02. The molecule has 0 fully saturated rings. The minimum absolute atomic E-state index is 0.0924. The Labute approximate surface area is 275 Å². The van der Waals surface area contributed by atoms with Crippen molar-refractivity contribution in [1.29, 1.82) is 0 Å². The van der Waals surface area contributed by atoms with Crippen molar-refractivity contribution in [1.82, 2.24) is 0 Å². The van der Waals surface area contributed by atoms with Crippen LogP contribution in [-0.2, 0) is 0 Å². The highest BCUT2D eigenvalue weighted by molar-refractivity contribution is 6.85. The summed E-state index contributed by atoms with van der Waals surface area (Å²) in [5.74, 6) is -15.2. The average Bonchev–Trinajstić information content (AvgIpc) is 3.05. The molecule has 0 spiro atoms. The fourth-order valence-electron chi connectivity index (χ4n) is 7.80. The van der Waals surface area contributed by atoms with Crippen LogP contribution in [0.5, 0.6) is 5.75 Å². The van der Waals surface area contributed by atoms with Crippen LogP contribution in [0.1, 0.15) is 55.4 Å². The molecule has 260 valence electrons. The Balaban J connectivity index is 2.08. The number of hydrogen-bond donors (Lipinski definition) is 0. The van der Waals surface area contributed by atoms with Gasteiger partial charge in [0.1, 0.15) is 11.6 Å². The van der Waals surface area contributed by atoms with E-state index in [1.807, 2.05) is 13.8 Å². The lowest BCUT2D eigenvalue weighted by Gasteiger charge is -2.41. The van der Waals surface area contributed by atoms with Gasteiger partial charge >= 0.3 is 0 Å². The average molecular weight is 719 g/mol. The van der Waals surface area contributed by atoms with Gasteiger partial charge in [0.15, 0.2) is 40.7 Å². The lowest BCUT2D eigenvalue weighted by atomic mass is 9.91. The van der Waals surface area contributed by atoms with Gasteiger partial charge in [-0.15, -0.1) is 0 Å². The predicted octanol–water partition coefficient (Wildman–Crippen LogP) is 13.4. The van der Waals surface area contributed by atoms with Crippen molar-refractivity contribution >= 4 is 56.8 Å². The van der Waals surface area contributed by atoms with Gasteiger partial charge in [0.2, 0.25) is 0 Å². The Bertz CT molecular complexity index is 1640. The topological polar surface area (TPSA) is 9.23 Å². The van der Waals surface area contributed by atoms with Crippen LogP contribution in [0.15, 0.2) is 6.07 Å². The molecule has 0 aliphatic carbocycles. The molecule has 47 heavy (non-hydrogen) atoms. The van der Waals surface area contributed by atoms with Gasteiger partial charge < -0.3 is 4.43 Å². The number of rotatable bonds is 15. The molecule has 0 unspecified atom stereocenters. The lowest BCUT2D eigenvalue weighted by molar-refractivity contribution is 0.434. The molecule has 0 atom stereocenters. The normalized spacial score (nSPS) is 13.3. The van der Waals surface area contributed by atoms with Gasteiger partial charge in [-0.05, 0) is 17.6 Å². The van der Waals surface area contributed by atoms with E-state index < -0.39 is 109 Å². The largest absolute Gasteiger partial charge is 0.539 e. The van der Waals surface area contributed by atoms with Gasteiger partial charge in [0.25, 0.3) is 8.32 Å². The second-order valence-corrected chi connectivity index (χ2v) is 29.5. The molecule has 12 heteroatoms. The smallest absolute Gasteiger partial charge is 0.253 e. The summed E-state index contributed by atoms with van der Waals surface area (Å²) in [5.41, 5.74) is -0.173. The van der Waals surface area contributed by atoms with Crippen molar-refractivity contribution < 1.29 is 39.5 Å². The SMILES string of the molecule is CC[Si](CC)(CC)CC[Si](CC[Si](CC)(CC)CC)(Oc1c(F)c2c(F)c(F)c3c(F)cc(F)c4c(F)c(F)c(c1F)c2c34)C(C)C. The van der Waals surface area contributed by atoms with Gasteiger partial charge in [0.05, 0.1) is 37.7 Å². The Hall–Kier alpha value is -2.19. The van der Waals surface area contributed by atoms with E-state index in [0.29, 0.717) is 12.1 Å². The van der Waals surface area contributed by atoms with E-state index >= 15 is 26.3 Å². The molecule has 4 aromatic carbocycles. The van der Waals surface area contributed by atoms with Crippen LogP contribution in [-0.4, -0.2) is 24.5 Å². The highest BCUT2D eigenvalue weighted by Gasteiger charge is 2.46. The summed E-state index contributed by atoms with van der Waals surface area (Å²) in [5, 5.41) is -6.80. The molecule has 0 radical (unpaired) electrons. The Morgan fingerprint density at radius 1 is 0.468 bits per heavy atom. The molecule has 0 saturated carbocycles. The minimum atomic E-state index is -3.22. The van der Waals surface area contributed by atoms with E-state index in [1.54, 1.807) is 0 Å². The van der Waals surface area contributed by atoms with Crippen LogP contribution < -0.4 is 4.43 Å². The number of halogens is 8. The first-order chi connectivity index (χ1) is 22.1. The fourth-order valence-corrected chi connectivity index (χ4v) is 23.0. The first kappa shape index (κ1) is 37.6. The summed E-state index contributed by atoms with van der Waals surface area (Å²) in [6.45, 7) is 16.9. The molecular formula is C35H46F8OSi3. The zero-order valence-corrected chi connectivity index (χ0v) is 31.7. The number of benzene rings is 4. The molecule has 4 aromatic rings. The van der Waals surface area contributed by atoms with Crippen LogP contribution in [0.2, 0.25) is 66.0 Å². The standard InChI is InChI=1S/C35H46F8OSi3/c1-9-45(10-2,11-3)15-17-47(20(7)8,18-16-46(12-4,13-5)14-6)44-35-33(42)27-26-25-23(29(38)31(27)40)21(36)19-22(37)24(25)30(39)32(41)28(26)34(35)43/h19-20H,9-18H2,1-8H3. The molecule has 0 aromatic heterocycles. The fraction of sp³-hybridized carbons (Fsp3) is 0.543. The minimum Gasteiger partial charge on any atom is -0.539 e. The highest BCUT2D eigenvalue weighted by atomic mass is 28.4. The summed E-state index contributed by atoms with van der Waals surface area (Å²) in [4.78, 5) is 0. The molecule has 4 rings (SSSR count). The third-order valence-electron chi connectivity index (χ3n) is 12.1. The van der Waals surface area contributed by atoms with E-state index in [4.69, 9.17) is 4.43 Å². The first-order valence-electron chi connectivity index (χ1n) is 17.0. The first-order valence-corrected chi connectivity index (χ1v) is 25.0. The zero-order chi connectivity index (χ0) is 35.2. The molecule has 0 amide bonds. The van der Waals surface area contributed by atoms with E-state index in [2.05, 4.69) is 41.5 Å². The van der Waals surface area contributed by atoms with Crippen LogP contribution in [0.4, 0.5) is 35.1 Å². The summed E-state index contributed by atoms with van der Waals surface area (Å²) in [7, 11) is -6.76. The van der Waals surface area contributed by atoms with Crippen LogP contribution in [0, 0.1) is 46.5 Å². The predicted molar refractivity (Wildman–Crippen MR) is 185 cm³/mol. The third-order valence-corrected chi connectivity index (χ3v) is 29.6. The van der Waals surface area contributed by atoms with E-state index in [9.17, 15) is 8.78 Å². The molecular weight excluding hydrogens is 673 g/mol. The summed E-state index contributed by atoms with van der Waals surface area (Å²) >= 11 is 0. The van der Waals surface area contributed by atoms with Crippen molar-refractivity contribution in [2.24, 2.45) is 0 Å². The maximum Gasteiger partial charge on any atom is 0.253 e.